The summed E-state index contributed by atoms with van der Waals surface area (Å²) < 4.78 is 5.41. The van der Waals surface area contributed by atoms with E-state index in [-0.39, 0.29) is 6.54 Å². The van der Waals surface area contributed by atoms with Crippen LogP contribution in [0.1, 0.15) is 39.9 Å². The van der Waals surface area contributed by atoms with Crippen molar-refractivity contribution in [3.63, 3.8) is 0 Å². The van der Waals surface area contributed by atoms with Crippen LogP contribution in [0.5, 0.6) is 0 Å². The van der Waals surface area contributed by atoms with Crippen LogP contribution in [0.2, 0.25) is 0 Å². The van der Waals surface area contributed by atoms with E-state index in [4.69, 9.17) is 9.68 Å². The van der Waals surface area contributed by atoms with E-state index in [0.717, 1.165) is 0 Å². The van der Waals surface area contributed by atoms with Crippen molar-refractivity contribution in [3.8, 4) is 6.07 Å². The molecule has 1 aromatic carbocycles. The molecule has 1 amide bonds. The lowest BCUT2D eigenvalue weighted by atomic mass is 9.96. The molecule has 2 rings (SSSR count). The summed E-state index contributed by atoms with van der Waals surface area (Å²) in [5.41, 5.74) is -0.0197. The Bertz CT molecular complexity index is 739. The molecule has 0 aliphatic heterocycles. The molecule has 5 heteroatoms. The number of carbonyl (C=O) groups excluding carboxylic acids is 1. The highest BCUT2D eigenvalue weighted by atomic mass is 16.3. The highest BCUT2D eigenvalue weighted by molar-refractivity contribution is 5.96. The van der Waals surface area contributed by atoms with Crippen LogP contribution in [-0.2, 0) is 5.60 Å². The first-order valence-electron chi connectivity index (χ1n) is 6.92. The van der Waals surface area contributed by atoms with Crippen LogP contribution in [0, 0.1) is 25.2 Å². The van der Waals surface area contributed by atoms with E-state index >= 15 is 0 Å². The molecular formula is C17H18N2O3. The number of aliphatic hydroxyl groups is 1. The molecule has 1 unspecified atom stereocenters. The van der Waals surface area contributed by atoms with Gasteiger partial charge >= 0.3 is 0 Å². The molecule has 0 aliphatic carbocycles. The first kappa shape index (κ1) is 15.8. The number of hydrogen-bond acceptors (Lipinski definition) is 4. The van der Waals surface area contributed by atoms with E-state index < -0.39 is 11.5 Å². The maximum Gasteiger partial charge on any atom is 0.252 e. The van der Waals surface area contributed by atoms with Gasteiger partial charge in [-0.15, -0.1) is 0 Å². The van der Waals surface area contributed by atoms with E-state index in [0.29, 0.717) is 28.2 Å². The largest absolute Gasteiger partial charge is 0.466 e. The fourth-order valence-electron chi connectivity index (χ4n) is 2.39. The van der Waals surface area contributed by atoms with Gasteiger partial charge in [-0.2, -0.15) is 5.26 Å². The second-order valence-corrected chi connectivity index (χ2v) is 5.44. The standard InChI is InChI=1S/C17H18N2O3/c1-11-8-15(12(2)22-11)17(3,21)10-19-16(20)14-7-5-4-6-13(14)9-18/h4-8,21H,10H2,1-3H3,(H,19,20). The Morgan fingerprint density at radius 2 is 2.09 bits per heavy atom. The van der Waals surface area contributed by atoms with Crippen molar-refractivity contribution in [1.29, 1.82) is 5.26 Å². The fourth-order valence-corrected chi connectivity index (χ4v) is 2.39. The second-order valence-electron chi connectivity index (χ2n) is 5.44. The zero-order valence-corrected chi connectivity index (χ0v) is 12.8. The topological polar surface area (TPSA) is 86.3 Å². The summed E-state index contributed by atoms with van der Waals surface area (Å²) in [4.78, 5) is 12.2. The molecule has 0 aliphatic rings. The van der Waals surface area contributed by atoms with Crippen LogP contribution in [0.25, 0.3) is 0 Å². The molecule has 2 aromatic rings. The summed E-state index contributed by atoms with van der Waals surface area (Å²) in [6.07, 6.45) is 0. The Morgan fingerprint density at radius 1 is 1.41 bits per heavy atom. The number of benzene rings is 1. The number of aryl methyl sites for hydroxylation is 2. The third-order valence-electron chi connectivity index (χ3n) is 3.51. The molecule has 22 heavy (non-hydrogen) atoms. The van der Waals surface area contributed by atoms with Gasteiger partial charge in [-0.3, -0.25) is 4.79 Å². The Balaban J connectivity index is 2.14. The van der Waals surface area contributed by atoms with Crippen LogP contribution in [0.15, 0.2) is 34.7 Å². The predicted octanol–water partition coefficient (Wildman–Crippen LogP) is 2.41. The summed E-state index contributed by atoms with van der Waals surface area (Å²) in [6, 6.07) is 10.3. The van der Waals surface area contributed by atoms with Gasteiger partial charge in [0.2, 0.25) is 0 Å². The summed E-state index contributed by atoms with van der Waals surface area (Å²) in [6.45, 7) is 5.20. The Labute approximate surface area is 129 Å². The molecule has 1 aromatic heterocycles. The smallest absolute Gasteiger partial charge is 0.252 e. The van der Waals surface area contributed by atoms with Crippen molar-refractivity contribution < 1.29 is 14.3 Å². The van der Waals surface area contributed by atoms with Crippen molar-refractivity contribution in [1.82, 2.24) is 5.32 Å². The van der Waals surface area contributed by atoms with Gasteiger partial charge in [-0.25, -0.2) is 0 Å². The minimum Gasteiger partial charge on any atom is -0.466 e. The first-order chi connectivity index (χ1) is 10.3. The average molecular weight is 298 g/mol. The highest BCUT2D eigenvalue weighted by Crippen LogP contribution is 2.26. The summed E-state index contributed by atoms with van der Waals surface area (Å²) >= 11 is 0. The number of furan rings is 1. The quantitative estimate of drug-likeness (QED) is 0.907. The molecule has 0 saturated heterocycles. The molecule has 0 saturated carbocycles. The molecule has 5 nitrogen and oxygen atoms in total. The van der Waals surface area contributed by atoms with Crippen molar-refractivity contribution in [2.75, 3.05) is 6.54 Å². The van der Waals surface area contributed by atoms with Crippen molar-refractivity contribution in [2.24, 2.45) is 0 Å². The molecule has 1 atom stereocenters. The zero-order chi connectivity index (χ0) is 16.3. The minimum atomic E-state index is -1.25. The number of nitriles is 1. The summed E-state index contributed by atoms with van der Waals surface area (Å²) in [5.74, 6) is 0.929. The maximum absolute atomic E-state index is 12.2. The lowest BCUT2D eigenvalue weighted by Crippen LogP contribution is -2.39. The van der Waals surface area contributed by atoms with Gasteiger partial charge in [0.25, 0.3) is 5.91 Å². The van der Waals surface area contributed by atoms with Crippen LogP contribution in [0.4, 0.5) is 0 Å². The summed E-state index contributed by atoms with van der Waals surface area (Å²) in [7, 11) is 0. The SMILES string of the molecule is Cc1cc(C(C)(O)CNC(=O)c2ccccc2C#N)c(C)o1. The molecule has 0 radical (unpaired) electrons. The van der Waals surface area contributed by atoms with E-state index in [2.05, 4.69) is 5.32 Å². The molecule has 0 bridgehead atoms. The zero-order valence-electron chi connectivity index (χ0n) is 12.8. The molecule has 1 heterocycles. The molecule has 0 fully saturated rings. The van der Waals surface area contributed by atoms with Gasteiger partial charge in [0.1, 0.15) is 17.1 Å². The monoisotopic (exact) mass is 298 g/mol. The van der Waals surface area contributed by atoms with E-state index in [1.165, 1.54) is 0 Å². The van der Waals surface area contributed by atoms with E-state index in [1.807, 2.05) is 6.07 Å². The van der Waals surface area contributed by atoms with Crippen molar-refractivity contribution >= 4 is 5.91 Å². The Morgan fingerprint density at radius 3 is 2.68 bits per heavy atom. The van der Waals surface area contributed by atoms with Crippen LogP contribution >= 0.6 is 0 Å². The first-order valence-corrected chi connectivity index (χ1v) is 6.92. The number of rotatable bonds is 4. The van der Waals surface area contributed by atoms with E-state index in [9.17, 15) is 9.90 Å². The number of nitrogens with one attached hydrogen (secondary N) is 1. The third-order valence-corrected chi connectivity index (χ3v) is 3.51. The van der Waals surface area contributed by atoms with Crippen LogP contribution in [0.3, 0.4) is 0 Å². The van der Waals surface area contributed by atoms with Gasteiger partial charge in [-0.05, 0) is 39.0 Å². The lowest BCUT2D eigenvalue weighted by Gasteiger charge is -2.23. The minimum absolute atomic E-state index is 0.0193. The van der Waals surface area contributed by atoms with Crippen LogP contribution < -0.4 is 5.32 Å². The van der Waals surface area contributed by atoms with Crippen LogP contribution in [-0.4, -0.2) is 17.6 Å². The second kappa shape index (κ2) is 6.04. The predicted molar refractivity (Wildman–Crippen MR) is 81.2 cm³/mol. The number of carbonyl (C=O) groups is 1. The van der Waals surface area contributed by atoms with Gasteiger partial charge in [0.15, 0.2) is 0 Å². The summed E-state index contributed by atoms with van der Waals surface area (Å²) in [5, 5.41) is 22.3. The van der Waals surface area contributed by atoms with Gasteiger partial charge in [-0.1, -0.05) is 12.1 Å². The normalized spacial score (nSPS) is 13.2. The number of nitrogens with zero attached hydrogens (tertiary/aromatic N) is 1. The highest BCUT2D eigenvalue weighted by Gasteiger charge is 2.28. The number of hydrogen-bond donors (Lipinski definition) is 2. The van der Waals surface area contributed by atoms with Gasteiger partial charge < -0.3 is 14.8 Å². The van der Waals surface area contributed by atoms with Crippen molar-refractivity contribution in [3.05, 3.63) is 58.5 Å². The molecule has 0 spiro atoms. The Kier molecular flexibility index (Phi) is 4.34. The molecular weight excluding hydrogens is 280 g/mol. The molecule has 2 N–H and O–H groups in total. The average Bonchev–Trinajstić information content (AvgIpc) is 2.84. The number of amides is 1. The Hall–Kier alpha value is -2.58. The molecule has 114 valence electrons. The fraction of sp³-hybridized carbons (Fsp3) is 0.294. The van der Waals surface area contributed by atoms with E-state index in [1.54, 1.807) is 51.1 Å². The van der Waals surface area contributed by atoms with Crippen molar-refractivity contribution in [2.45, 2.75) is 26.4 Å². The third kappa shape index (κ3) is 3.18. The van der Waals surface area contributed by atoms with Gasteiger partial charge in [0, 0.05) is 5.56 Å². The van der Waals surface area contributed by atoms with Gasteiger partial charge in [0.05, 0.1) is 23.7 Å². The maximum atomic E-state index is 12.2. The lowest BCUT2D eigenvalue weighted by molar-refractivity contribution is 0.0514.